The Morgan fingerprint density at radius 2 is 1.65 bits per heavy atom. The maximum absolute atomic E-state index is 14.3. The van der Waals surface area contributed by atoms with Crippen LogP contribution < -0.4 is 10.6 Å². The maximum Gasteiger partial charge on any atom is 0.248 e. The van der Waals surface area contributed by atoms with Crippen LogP contribution in [0.4, 0.5) is 0 Å². The molecule has 0 spiro atoms. The van der Waals surface area contributed by atoms with Gasteiger partial charge in [-0.1, -0.05) is 0 Å². The maximum atomic E-state index is 14.3. The number of nitrogens with zero attached hydrogens (tertiary/aromatic N) is 1. The number of methoxy groups -OCH3 is 4. The average molecular weight is 607 g/mol. The van der Waals surface area contributed by atoms with Crippen LogP contribution in [-0.4, -0.2) is 113 Å². The van der Waals surface area contributed by atoms with E-state index in [4.69, 9.17) is 23.7 Å². The second-order valence-corrected chi connectivity index (χ2v) is 14.3. The number of hydrogen-bond acceptors (Lipinski definition) is 7. The van der Waals surface area contributed by atoms with Crippen LogP contribution in [0.1, 0.15) is 71.1 Å². The molecule has 3 saturated carbocycles. The summed E-state index contributed by atoms with van der Waals surface area (Å²) >= 11 is 0. The fourth-order valence-corrected chi connectivity index (χ4v) is 10.5. The molecule has 0 bridgehead atoms. The minimum absolute atomic E-state index is 0.0192. The van der Waals surface area contributed by atoms with Gasteiger partial charge in [-0.15, -0.1) is 0 Å². The summed E-state index contributed by atoms with van der Waals surface area (Å²) in [5, 5.41) is 5.67. The van der Waals surface area contributed by atoms with Crippen molar-refractivity contribution in [1.29, 1.82) is 0 Å². The van der Waals surface area contributed by atoms with E-state index in [1.54, 1.807) is 28.4 Å². The molecule has 14 atom stereocenters. The molecule has 0 aromatic heterocycles. The van der Waals surface area contributed by atoms with E-state index in [1.165, 1.54) is 0 Å². The molecule has 0 radical (unpaired) electrons. The highest BCUT2D eigenvalue weighted by atomic mass is 16.5. The Bertz CT molecular complexity index is 984. The predicted molar refractivity (Wildman–Crippen MR) is 159 cm³/mol. The Labute approximate surface area is 257 Å². The van der Waals surface area contributed by atoms with Crippen LogP contribution in [0.15, 0.2) is 0 Å². The third-order valence-corrected chi connectivity index (χ3v) is 12.5. The van der Waals surface area contributed by atoms with Gasteiger partial charge in [0.25, 0.3) is 0 Å². The molecule has 3 N–H and O–H groups in total. The van der Waals surface area contributed by atoms with Gasteiger partial charge in [-0.3, -0.25) is 9.59 Å². The first-order valence-electron chi connectivity index (χ1n) is 17.1. The number of quaternary nitrogens is 1. The molecule has 10 nitrogen and oxygen atoms in total. The quantitative estimate of drug-likeness (QED) is 0.388. The van der Waals surface area contributed by atoms with E-state index in [1.807, 2.05) is 6.92 Å². The number of carbonyl (C=O) groups is 2. The predicted octanol–water partition coefficient (Wildman–Crippen LogP) is 1.50. The van der Waals surface area contributed by atoms with Gasteiger partial charge in [0.2, 0.25) is 11.8 Å². The van der Waals surface area contributed by atoms with Gasteiger partial charge >= 0.3 is 0 Å². The number of fused-ring (bicyclic) bond motifs is 5. The molecular weight excluding hydrogens is 550 g/mol. The molecule has 6 fully saturated rings. The number of amides is 2. The first-order valence-corrected chi connectivity index (χ1v) is 17.1. The van der Waals surface area contributed by atoms with Gasteiger partial charge < -0.3 is 39.2 Å². The van der Waals surface area contributed by atoms with Gasteiger partial charge in [-0.05, 0) is 82.5 Å². The van der Waals surface area contributed by atoms with Crippen molar-refractivity contribution in [2.45, 2.75) is 126 Å². The fourth-order valence-electron chi connectivity index (χ4n) is 10.5. The zero-order valence-corrected chi connectivity index (χ0v) is 27.0. The monoisotopic (exact) mass is 606 g/mol. The second kappa shape index (κ2) is 13.6. The van der Waals surface area contributed by atoms with Crippen LogP contribution in [0.2, 0.25) is 0 Å². The minimum Gasteiger partial charge on any atom is -0.379 e. The highest BCUT2D eigenvalue weighted by Crippen LogP contribution is 2.53. The topological polar surface area (TPSA) is 112 Å². The number of hydrogen-bond donors (Lipinski definition) is 2. The molecule has 2 amide bonds. The van der Waals surface area contributed by atoms with Crippen molar-refractivity contribution in [1.82, 2.24) is 10.2 Å². The van der Waals surface area contributed by atoms with Gasteiger partial charge in [0.1, 0.15) is 12.1 Å². The molecule has 0 aromatic carbocycles. The average Bonchev–Trinajstić information content (AvgIpc) is 3.37. The van der Waals surface area contributed by atoms with E-state index in [0.29, 0.717) is 48.2 Å². The largest absolute Gasteiger partial charge is 0.379 e. The lowest BCUT2D eigenvalue weighted by Crippen LogP contribution is -2.99. The first kappa shape index (κ1) is 31.7. The Morgan fingerprint density at radius 3 is 2.40 bits per heavy atom. The summed E-state index contributed by atoms with van der Waals surface area (Å²) in [6.45, 7) is 3.67. The molecule has 3 aliphatic heterocycles. The van der Waals surface area contributed by atoms with Crippen molar-refractivity contribution < 1.29 is 38.6 Å². The van der Waals surface area contributed by atoms with Crippen LogP contribution in [0.3, 0.4) is 0 Å². The zero-order chi connectivity index (χ0) is 30.2. The van der Waals surface area contributed by atoms with Crippen LogP contribution >= 0.6 is 0 Å². The fraction of sp³-hybridized carbons (Fsp3) is 0.939. The van der Waals surface area contributed by atoms with E-state index in [9.17, 15) is 9.59 Å². The van der Waals surface area contributed by atoms with E-state index in [0.717, 1.165) is 70.8 Å². The molecule has 6 rings (SSSR count). The molecule has 6 aliphatic rings. The van der Waals surface area contributed by atoms with E-state index >= 15 is 0 Å². The summed E-state index contributed by atoms with van der Waals surface area (Å²) < 4.78 is 29.4. The molecule has 13 unspecified atom stereocenters. The zero-order valence-electron chi connectivity index (χ0n) is 27.0. The molecule has 43 heavy (non-hydrogen) atoms. The molecule has 3 aliphatic carbocycles. The highest BCUT2D eigenvalue weighted by Gasteiger charge is 2.66. The van der Waals surface area contributed by atoms with Crippen LogP contribution in [0, 0.1) is 29.6 Å². The highest BCUT2D eigenvalue weighted by molar-refractivity contribution is 5.82. The molecule has 3 saturated heterocycles. The number of rotatable bonds is 10. The van der Waals surface area contributed by atoms with Gasteiger partial charge in [-0.2, -0.15) is 0 Å². The molecule has 0 aromatic rings. The summed E-state index contributed by atoms with van der Waals surface area (Å²) in [6, 6.07) is 1.02. The van der Waals surface area contributed by atoms with Gasteiger partial charge in [-0.25, -0.2) is 0 Å². The lowest BCUT2D eigenvalue weighted by Gasteiger charge is -2.53. The van der Waals surface area contributed by atoms with E-state index in [-0.39, 0.29) is 48.4 Å². The van der Waals surface area contributed by atoms with Crippen molar-refractivity contribution in [3.05, 3.63) is 0 Å². The Hall–Kier alpha value is -1.30. The van der Waals surface area contributed by atoms with Crippen molar-refractivity contribution in [3.63, 3.8) is 0 Å². The number of nitrogens with two attached hydrogens (primary N) is 1. The van der Waals surface area contributed by atoms with Crippen LogP contribution in [0.25, 0.3) is 0 Å². The summed E-state index contributed by atoms with van der Waals surface area (Å²) in [7, 11) is 7.00. The normalized spacial score (nSPS) is 44.7. The summed E-state index contributed by atoms with van der Waals surface area (Å²) in [6.07, 6.45) is 9.62. The van der Waals surface area contributed by atoms with Gasteiger partial charge in [0.05, 0.1) is 49.0 Å². The van der Waals surface area contributed by atoms with Crippen molar-refractivity contribution in [2.75, 3.05) is 41.5 Å². The van der Waals surface area contributed by atoms with E-state index in [2.05, 4.69) is 15.5 Å². The molecule has 244 valence electrons. The Balaban J connectivity index is 1.04. The van der Waals surface area contributed by atoms with Crippen molar-refractivity contribution >= 4 is 11.8 Å². The Kier molecular flexibility index (Phi) is 10.0. The smallest absolute Gasteiger partial charge is 0.248 e. The second-order valence-electron chi connectivity index (χ2n) is 14.3. The summed E-state index contributed by atoms with van der Waals surface area (Å²) in [5.41, 5.74) is 0. The summed E-state index contributed by atoms with van der Waals surface area (Å²) in [5.74, 6) is 2.00. The summed E-state index contributed by atoms with van der Waals surface area (Å²) in [4.78, 5) is 29.6. The lowest BCUT2D eigenvalue weighted by atomic mass is 9.64. The molecule has 10 heteroatoms. The standard InChI is InChI=1S/C33H55N3O7/c1-18(32(37)35-14-12-19-6-10-25(39-2)27(16-19)41-4)43-20-7-9-24-23(17-20)21-13-15-34-29-22-8-11-26(40-3)31(42-5)28(22)33(38)36(24)30(21)29/h18-31,34H,6-17H2,1-5H3,(H,35,37)/p+1/t18-,19?,20?,21?,22?,23?,24?,25?,26?,27?,28?,29?,30?,31?/m1/s1. The number of ether oxygens (including phenoxy) is 5. The van der Waals surface area contributed by atoms with Crippen molar-refractivity contribution in [2.24, 2.45) is 29.6 Å². The molecule has 3 heterocycles. The molecular formula is C33H56N3O7+. The SMILES string of the molecule is COC1CCC(CCNC(=O)[C@@H](C)OC2CCC3C(C2)C2CC[NH2+]C4C5CCC(OC)C(OC)C5C(=O)N3C24)CC1OC. The van der Waals surface area contributed by atoms with Gasteiger partial charge in [0, 0.05) is 53.4 Å². The first-order chi connectivity index (χ1) is 20.9. The lowest BCUT2D eigenvalue weighted by molar-refractivity contribution is -0.713. The van der Waals surface area contributed by atoms with E-state index < -0.39 is 6.10 Å². The van der Waals surface area contributed by atoms with Crippen LogP contribution in [-0.2, 0) is 33.3 Å². The third kappa shape index (κ3) is 5.89. The minimum atomic E-state index is -0.480. The Morgan fingerprint density at radius 1 is 0.884 bits per heavy atom. The van der Waals surface area contributed by atoms with Gasteiger partial charge in [0.15, 0.2) is 0 Å². The number of piperidine rings is 2. The third-order valence-electron chi connectivity index (χ3n) is 12.5. The number of carbonyl (C=O) groups excluding carboxylic acids is 2. The number of nitrogens with one attached hydrogen (secondary N) is 1. The van der Waals surface area contributed by atoms with Crippen LogP contribution in [0.5, 0.6) is 0 Å². The van der Waals surface area contributed by atoms with Crippen molar-refractivity contribution in [3.8, 4) is 0 Å².